The molecule has 0 aliphatic rings. The molecule has 0 atom stereocenters. The molecular weight excluding hydrogens is 350 g/mol. The number of fused-ring (bicyclic) bond motifs is 2. The molecule has 0 fully saturated rings. The molecule has 3 aromatic carbocycles. The first-order chi connectivity index (χ1) is 13.7. The van der Waals surface area contributed by atoms with Crippen molar-refractivity contribution in [3.63, 3.8) is 0 Å². The van der Waals surface area contributed by atoms with Gasteiger partial charge in [0.2, 0.25) is 0 Å². The van der Waals surface area contributed by atoms with Crippen molar-refractivity contribution >= 4 is 21.8 Å². The van der Waals surface area contributed by atoms with E-state index in [-0.39, 0.29) is 5.52 Å². The summed E-state index contributed by atoms with van der Waals surface area (Å²) in [4.78, 5) is 33.1. The molecule has 0 aliphatic carbocycles. The summed E-state index contributed by atoms with van der Waals surface area (Å²) in [6.45, 7) is 0. The van der Waals surface area contributed by atoms with Crippen LogP contribution in [0.1, 0.15) is 0 Å². The Balaban J connectivity index is 1.78. The van der Waals surface area contributed by atoms with Crippen molar-refractivity contribution in [1.29, 1.82) is 0 Å². The molecule has 1 N–H and O–H groups in total. The fourth-order valence-corrected chi connectivity index (χ4v) is 3.51. The molecule has 2 heterocycles. The van der Waals surface area contributed by atoms with E-state index in [0.717, 1.165) is 26.5 Å². The Bertz CT molecular complexity index is 1440. The van der Waals surface area contributed by atoms with E-state index in [9.17, 15) is 9.59 Å². The molecule has 0 radical (unpaired) electrons. The van der Waals surface area contributed by atoms with E-state index >= 15 is 0 Å². The highest BCUT2D eigenvalue weighted by atomic mass is 16.2. The molecule has 5 nitrogen and oxygen atoms in total. The van der Waals surface area contributed by atoms with Gasteiger partial charge in [-0.05, 0) is 23.1 Å². The lowest BCUT2D eigenvalue weighted by Gasteiger charge is -2.10. The number of hydrogen-bond donors (Lipinski definition) is 1. The van der Waals surface area contributed by atoms with Crippen molar-refractivity contribution in [2.24, 2.45) is 0 Å². The van der Waals surface area contributed by atoms with Crippen molar-refractivity contribution in [3.8, 4) is 16.8 Å². The molecule has 5 aromatic rings. The fourth-order valence-electron chi connectivity index (χ4n) is 3.51. The largest absolute Gasteiger partial charge is 0.333 e. The summed E-state index contributed by atoms with van der Waals surface area (Å²) in [6.07, 6.45) is 1.66. The zero-order valence-electron chi connectivity index (χ0n) is 14.8. The first-order valence-corrected chi connectivity index (χ1v) is 8.91. The van der Waals surface area contributed by atoms with Gasteiger partial charge in [-0.25, -0.2) is 14.3 Å². The third-order valence-corrected chi connectivity index (χ3v) is 4.85. The van der Waals surface area contributed by atoms with E-state index in [4.69, 9.17) is 0 Å². The molecule has 5 heteroatoms. The van der Waals surface area contributed by atoms with Gasteiger partial charge in [-0.3, -0.25) is 4.79 Å². The first-order valence-electron chi connectivity index (χ1n) is 8.91. The molecule has 2 aromatic heterocycles. The average molecular weight is 365 g/mol. The zero-order chi connectivity index (χ0) is 19.1. The Morgan fingerprint density at radius 1 is 0.786 bits per heavy atom. The van der Waals surface area contributed by atoms with Gasteiger partial charge in [0.25, 0.3) is 5.56 Å². The highest BCUT2D eigenvalue weighted by Crippen LogP contribution is 2.22. The lowest BCUT2D eigenvalue weighted by atomic mass is 10.1. The Morgan fingerprint density at radius 3 is 2.39 bits per heavy atom. The topological polar surface area (TPSA) is 67.8 Å². The van der Waals surface area contributed by atoms with Crippen molar-refractivity contribution < 1.29 is 0 Å². The number of rotatable bonds is 2. The number of benzene rings is 3. The van der Waals surface area contributed by atoms with Crippen molar-refractivity contribution in [2.75, 3.05) is 0 Å². The summed E-state index contributed by atoms with van der Waals surface area (Å²) in [5, 5.41) is 1.79. The highest BCUT2D eigenvalue weighted by molar-refractivity contribution is 5.90. The summed E-state index contributed by atoms with van der Waals surface area (Å²) in [7, 11) is 0. The Hall–Kier alpha value is -3.99. The minimum atomic E-state index is -0.485. The summed E-state index contributed by atoms with van der Waals surface area (Å²) in [5.41, 5.74) is 2.08. The molecule has 0 bridgehead atoms. The van der Waals surface area contributed by atoms with Crippen molar-refractivity contribution in [3.05, 3.63) is 106 Å². The molecule has 5 rings (SSSR count). The van der Waals surface area contributed by atoms with Crippen LogP contribution in [0.4, 0.5) is 0 Å². The van der Waals surface area contributed by atoms with Gasteiger partial charge in [0.15, 0.2) is 5.52 Å². The summed E-state index contributed by atoms with van der Waals surface area (Å²) in [6, 6.07) is 24.7. The molecular formula is C23H15N3O2. The van der Waals surface area contributed by atoms with Gasteiger partial charge in [0.1, 0.15) is 0 Å². The molecule has 0 amide bonds. The quantitative estimate of drug-likeness (QED) is 0.516. The Kier molecular flexibility index (Phi) is 3.66. The lowest BCUT2D eigenvalue weighted by molar-refractivity contribution is 0.902. The van der Waals surface area contributed by atoms with Crippen LogP contribution < -0.4 is 11.2 Å². The standard InChI is InChI=1S/C23H15N3O2/c27-22-21-19(13-17(14-24-21)15-7-2-1-3-8-15)25-23(28)26(22)20-12-6-10-16-9-4-5-11-18(16)20/h1-14H,(H,25,28). The van der Waals surface area contributed by atoms with Crippen LogP contribution in [0.2, 0.25) is 0 Å². The van der Waals surface area contributed by atoms with Gasteiger partial charge in [0, 0.05) is 17.1 Å². The normalized spacial score (nSPS) is 11.1. The average Bonchev–Trinajstić information content (AvgIpc) is 2.74. The number of hydrogen-bond acceptors (Lipinski definition) is 3. The number of aromatic nitrogens is 3. The van der Waals surface area contributed by atoms with Crippen LogP contribution in [-0.2, 0) is 0 Å². The van der Waals surface area contributed by atoms with E-state index < -0.39 is 11.2 Å². The molecule has 28 heavy (non-hydrogen) atoms. The molecule has 0 saturated heterocycles. The van der Waals surface area contributed by atoms with Crippen LogP contribution in [0.3, 0.4) is 0 Å². The van der Waals surface area contributed by atoms with Crippen LogP contribution in [0, 0.1) is 0 Å². The van der Waals surface area contributed by atoms with Gasteiger partial charge in [-0.2, -0.15) is 0 Å². The van der Waals surface area contributed by atoms with Crippen LogP contribution in [0.25, 0.3) is 38.6 Å². The minimum absolute atomic E-state index is 0.229. The monoisotopic (exact) mass is 365 g/mol. The highest BCUT2D eigenvalue weighted by Gasteiger charge is 2.13. The third-order valence-electron chi connectivity index (χ3n) is 4.85. The Labute approximate surface area is 159 Å². The molecule has 0 aliphatic heterocycles. The van der Waals surface area contributed by atoms with Crippen LogP contribution in [-0.4, -0.2) is 14.5 Å². The number of nitrogens with zero attached hydrogens (tertiary/aromatic N) is 2. The Morgan fingerprint density at radius 2 is 1.54 bits per heavy atom. The maximum absolute atomic E-state index is 13.1. The van der Waals surface area contributed by atoms with Crippen LogP contribution in [0.5, 0.6) is 0 Å². The molecule has 0 unspecified atom stereocenters. The predicted octanol–water partition coefficient (Wildman–Crippen LogP) is 3.89. The van der Waals surface area contributed by atoms with Gasteiger partial charge >= 0.3 is 5.69 Å². The summed E-state index contributed by atoms with van der Waals surface area (Å²) in [5.74, 6) is 0. The number of pyridine rings is 1. The SMILES string of the molecule is O=c1[nH]c2cc(-c3ccccc3)cnc2c(=O)n1-c1cccc2ccccc12. The zero-order valence-corrected chi connectivity index (χ0v) is 14.8. The maximum atomic E-state index is 13.1. The van der Waals surface area contributed by atoms with Gasteiger partial charge in [0.05, 0.1) is 11.2 Å². The molecule has 134 valence electrons. The number of nitrogens with one attached hydrogen (secondary N) is 1. The number of H-pyrrole nitrogens is 1. The second kappa shape index (κ2) is 6.32. The second-order valence-corrected chi connectivity index (χ2v) is 6.56. The smallest absolute Gasteiger partial charge is 0.305 e. The molecule has 0 saturated carbocycles. The van der Waals surface area contributed by atoms with Crippen molar-refractivity contribution in [2.45, 2.75) is 0 Å². The second-order valence-electron chi connectivity index (χ2n) is 6.56. The van der Waals surface area contributed by atoms with Crippen LogP contribution in [0.15, 0.2) is 94.6 Å². The van der Waals surface area contributed by atoms with Crippen LogP contribution >= 0.6 is 0 Å². The van der Waals surface area contributed by atoms with E-state index in [0.29, 0.717) is 11.2 Å². The van der Waals surface area contributed by atoms with E-state index in [1.807, 2.05) is 66.7 Å². The predicted molar refractivity (Wildman–Crippen MR) is 111 cm³/mol. The van der Waals surface area contributed by atoms with Gasteiger partial charge in [-0.15, -0.1) is 0 Å². The summed E-state index contributed by atoms with van der Waals surface area (Å²) >= 11 is 0. The maximum Gasteiger partial charge on any atom is 0.333 e. The third kappa shape index (κ3) is 2.53. The molecule has 0 spiro atoms. The fraction of sp³-hybridized carbons (Fsp3) is 0. The summed E-state index contributed by atoms with van der Waals surface area (Å²) < 4.78 is 1.15. The van der Waals surface area contributed by atoms with E-state index in [2.05, 4.69) is 9.97 Å². The minimum Gasteiger partial charge on any atom is -0.305 e. The first kappa shape index (κ1) is 16.2. The van der Waals surface area contributed by atoms with Crippen molar-refractivity contribution in [1.82, 2.24) is 14.5 Å². The van der Waals surface area contributed by atoms with E-state index in [1.165, 1.54) is 0 Å². The van der Waals surface area contributed by atoms with Gasteiger partial charge < -0.3 is 4.98 Å². The van der Waals surface area contributed by atoms with E-state index in [1.54, 1.807) is 18.3 Å². The van der Waals surface area contributed by atoms with Gasteiger partial charge in [-0.1, -0.05) is 66.7 Å². The lowest BCUT2D eigenvalue weighted by Crippen LogP contribution is -2.34. The number of aromatic amines is 1.